The van der Waals surface area contributed by atoms with Crippen LogP contribution < -0.4 is 14.8 Å². The standard InChI is InChI=1S/C22H27N3O3/c1-21(2)7-17-8-22(3,12-21)13-25(17)11-16(9-23)20(26)24-10-15-4-5-18-19(6-15)28-14-27-18/h4-6,11,17H,7-8,10,12-14H2,1-3H3,(H,24,26)/b16-11-. The molecule has 1 aliphatic carbocycles. The molecule has 1 aromatic rings. The summed E-state index contributed by atoms with van der Waals surface area (Å²) in [6.45, 7) is 8.41. The van der Waals surface area contributed by atoms with E-state index in [0.29, 0.717) is 29.5 Å². The van der Waals surface area contributed by atoms with Gasteiger partial charge in [-0.1, -0.05) is 26.8 Å². The zero-order valence-electron chi connectivity index (χ0n) is 16.7. The van der Waals surface area contributed by atoms with Crippen LogP contribution in [0.1, 0.15) is 45.6 Å². The molecule has 6 heteroatoms. The molecule has 3 aliphatic rings. The zero-order valence-corrected chi connectivity index (χ0v) is 16.7. The third kappa shape index (κ3) is 3.66. The molecule has 0 radical (unpaired) electrons. The van der Waals surface area contributed by atoms with E-state index in [1.807, 2.05) is 18.2 Å². The molecule has 2 heterocycles. The van der Waals surface area contributed by atoms with Gasteiger partial charge in [-0.15, -0.1) is 0 Å². The highest BCUT2D eigenvalue weighted by molar-refractivity contribution is 5.97. The van der Waals surface area contributed by atoms with Gasteiger partial charge in [-0.05, 0) is 47.8 Å². The van der Waals surface area contributed by atoms with Gasteiger partial charge in [-0.3, -0.25) is 4.79 Å². The second-order valence-electron chi connectivity index (χ2n) is 9.41. The molecule has 2 bridgehead atoms. The van der Waals surface area contributed by atoms with Crippen molar-refractivity contribution in [2.24, 2.45) is 10.8 Å². The summed E-state index contributed by atoms with van der Waals surface area (Å²) in [4.78, 5) is 14.8. The average molecular weight is 381 g/mol. The van der Waals surface area contributed by atoms with Crippen molar-refractivity contribution in [3.63, 3.8) is 0 Å². The van der Waals surface area contributed by atoms with Crippen LogP contribution >= 0.6 is 0 Å². The largest absolute Gasteiger partial charge is 0.454 e. The second kappa shape index (κ2) is 6.73. The van der Waals surface area contributed by atoms with Gasteiger partial charge in [0.05, 0.1) is 0 Å². The van der Waals surface area contributed by atoms with Gasteiger partial charge in [0.2, 0.25) is 6.79 Å². The van der Waals surface area contributed by atoms with Gasteiger partial charge in [-0.25, -0.2) is 0 Å². The summed E-state index contributed by atoms with van der Waals surface area (Å²) in [7, 11) is 0. The minimum absolute atomic E-state index is 0.162. The molecule has 28 heavy (non-hydrogen) atoms. The van der Waals surface area contributed by atoms with Crippen molar-refractivity contribution in [1.82, 2.24) is 10.2 Å². The number of likely N-dealkylation sites (tertiary alicyclic amines) is 1. The first-order valence-electron chi connectivity index (χ1n) is 9.81. The average Bonchev–Trinajstić information content (AvgIpc) is 3.17. The Labute approximate surface area is 166 Å². The van der Waals surface area contributed by atoms with Crippen molar-refractivity contribution >= 4 is 5.91 Å². The predicted molar refractivity (Wildman–Crippen MR) is 104 cm³/mol. The van der Waals surface area contributed by atoms with Crippen molar-refractivity contribution in [2.75, 3.05) is 13.3 Å². The number of rotatable bonds is 4. The minimum Gasteiger partial charge on any atom is -0.454 e. The van der Waals surface area contributed by atoms with E-state index in [-0.39, 0.29) is 23.7 Å². The lowest BCUT2D eigenvalue weighted by Gasteiger charge is -2.39. The van der Waals surface area contributed by atoms with Gasteiger partial charge in [0.25, 0.3) is 5.91 Å². The third-order valence-electron chi connectivity index (χ3n) is 6.01. The van der Waals surface area contributed by atoms with Crippen LogP contribution in [0.2, 0.25) is 0 Å². The third-order valence-corrected chi connectivity index (χ3v) is 6.01. The Morgan fingerprint density at radius 1 is 1.32 bits per heavy atom. The second-order valence-corrected chi connectivity index (χ2v) is 9.41. The molecule has 1 saturated heterocycles. The number of fused-ring (bicyclic) bond motifs is 3. The maximum Gasteiger partial charge on any atom is 0.263 e. The van der Waals surface area contributed by atoms with Crippen LogP contribution in [0, 0.1) is 22.2 Å². The fourth-order valence-electron chi connectivity index (χ4n) is 5.29. The summed E-state index contributed by atoms with van der Waals surface area (Å²) in [5, 5.41) is 12.4. The van der Waals surface area contributed by atoms with Gasteiger partial charge >= 0.3 is 0 Å². The highest BCUT2D eigenvalue weighted by Gasteiger charge is 2.48. The number of carbonyl (C=O) groups is 1. The Balaban J connectivity index is 1.42. The van der Waals surface area contributed by atoms with Gasteiger partial charge < -0.3 is 19.7 Å². The fourth-order valence-corrected chi connectivity index (χ4v) is 5.29. The number of benzene rings is 1. The lowest BCUT2D eigenvalue weighted by atomic mass is 9.65. The maximum atomic E-state index is 12.6. The van der Waals surface area contributed by atoms with Crippen LogP contribution in [-0.4, -0.2) is 30.2 Å². The van der Waals surface area contributed by atoms with Crippen molar-refractivity contribution in [2.45, 2.75) is 52.6 Å². The fraction of sp³-hybridized carbons (Fsp3) is 0.545. The van der Waals surface area contributed by atoms with Crippen LogP contribution in [0.3, 0.4) is 0 Å². The highest BCUT2D eigenvalue weighted by Crippen LogP contribution is 2.52. The lowest BCUT2D eigenvalue weighted by Crippen LogP contribution is -2.34. The van der Waals surface area contributed by atoms with E-state index in [2.05, 4.69) is 37.1 Å². The van der Waals surface area contributed by atoms with Crippen LogP contribution in [0.25, 0.3) is 0 Å². The lowest BCUT2D eigenvalue weighted by molar-refractivity contribution is -0.117. The summed E-state index contributed by atoms with van der Waals surface area (Å²) >= 11 is 0. The summed E-state index contributed by atoms with van der Waals surface area (Å²) in [6.07, 6.45) is 5.17. The predicted octanol–water partition coefficient (Wildman–Crippen LogP) is 3.34. The number of hydrogen-bond donors (Lipinski definition) is 1. The minimum atomic E-state index is -0.342. The summed E-state index contributed by atoms with van der Waals surface area (Å²) in [6, 6.07) is 8.05. The van der Waals surface area contributed by atoms with E-state index in [1.165, 1.54) is 6.42 Å². The smallest absolute Gasteiger partial charge is 0.263 e. The van der Waals surface area contributed by atoms with Crippen LogP contribution in [0.4, 0.5) is 0 Å². The molecule has 1 N–H and O–H groups in total. The van der Waals surface area contributed by atoms with Gasteiger partial charge in [0.1, 0.15) is 11.6 Å². The van der Waals surface area contributed by atoms with E-state index in [0.717, 1.165) is 24.9 Å². The van der Waals surface area contributed by atoms with Crippen LogP contribution in [0.15, 0.2) is 30.0 Å². The molecule has 1 saturated carbocycles. The molecule has 1 aromatic carbocycles. The monoisotopic (exact) mass is 381 g/mol. The number of nitriles is 1. The zero-order chi connectivity index (χ0) is 19.9. The summed E-state index contributed by atoms with van der Waals surface area (Å²) in [5.41, 5.74) is 1.62. The van der Waals surface area contributed by atoms with E-state index in [1.54, 1.807) is 6.20 Å². The molecule has 0 spiro atoms. The topological polar surface area (TPSA) is 74.6 Å². The highest BCUT2D eigenvalue weighted by atomic mass is 16.7. The first-order valence-corrected chi connectivity index (χ1v) is 9.81. The van der Waals surface area contributed by atoms with Crippen LogP contribution in [-0.2, 0) is 11.3 Å². The number of amides is 1. The van der Waals surface area contributed by atoms with Crippen molar-refractivity contribution in [1.29, 1.82) is 5.26 Å². The maximum absolute atomic E-state index is 12.6. The molecule has 2 atom stereocenters. The molecule has 2 aliphatic heterocycles. The van der Waals surface area contributed by atoms with Crippen LogP contribution in [0.5, 0.6) is 11.5 Å². The van der Waals surface area contributed by atoms with Gasteiger partial charge in [0.15, 0.2) is 11.5 Å². The van der Waals surface area contributed by atoms with E-state index >= 15 is 0 Å². The molecule has 2 fully saturated rings. The summed E-state index contributed by atoms with van der Waals surface area (Å²) < 4.78 is 10.7. The Morgan fingerprint density at radius 2 is 2.11 bits per heavy atom. The summed E-state index contributed by atoms with van der Waals surface area (Å²) in [5.74, 6) is 1.05. The Morgan fingerprint density at radius 3 is 2.89 bits per heavy atom. The molecular weight excluding hydrogens is 354 g/mol. The van der Waals surface area contributed by atoms with E-state index in [4.69, 9.17) is 9.47 Å². The Hall–Kier alpha value is -2.68. The van der Waals surface area contributed by atoms with Gasteiger partial charge in [0, 0.05) is 25.3 Å². The molecule has 1 amide bonds. The quantitative estimate of drug-likeness (QED) is 0.640. The molecule has 6 nitrogen and oxygen atoms in total. The number of nitrogens with zero attached hydrogens (tertiary/aromatic N) is 2. The molecular formula is C22H27N3O3. The molecule has 148 valence electrons. The first kappa shape index (κ1) is 18.7. The Kier molecular flexibility index (Phi) is 4.49. The molecule has 2 unspecified atom stereocenters. The number of ether oxygens (including phenoxy) is 2. The van der Waals surface area contributed by atoms with E-state index < -0.39 is 0 Å². The molecule has 4 rings (SSSR count). The number of hydrogen-bond acceptors (Lipinski definition) is 5. The van der Waals surface area contributed by atoms with E-state index in [9.17, 15) is 10.1 Å². The van der Waals surface area contributed by atoms with Crippen molar-refractivity contribution in [3.8, 4) is 17.6 Å². The number of carbonyl (C=O) groups excluding carboxylic acids is 1. The van der Waals surface area contributed by atoms with Crippen molar-refractivity contribution < 1.29 is 14.3 Å². The van der Waals surface area contributed by atoms with Gasteiger partial charge in [-0.2, -0.15) is 5.26 Å². The molecule has 0 aromatic heterocycles. The number of nitrogens with one attached hydrogen (secondary N) is 1. The normalized spacial score (nSPS) is 27.4. The van der Waals surface area contributed by atoms with Crippen molar-refractivity contribution in [3.05, 3.63) is 35.5 Å². The SMILES string of the molecule is CC1(C)CC2CC(C)(CN2/C=C(/C#N)C(=O)NCc2ccc3c(c2)OCO3)C1. The Bertz CT molecular complexity index is 870. The first-order chi connectivity index (χ1) is 13.3.